The Morgan fingerprint density at radius 2 is 1.82 bits per heavy atom. The standard InChI is InChI=1S/C33H39F3N2O/c34-33(35,36)26-10-6-9-23(19-26)12-15-31(39)38(22-24-7-2-1-3-8-24)27-14-13-25-20-30-28-11-4-5-16-32(28,17-18-37-30)29(25)21-27/h6,9-10,12-15,19,21,24,28,30,37H,1-5,7-8,11,16-18,20,22H2/t28-,30+,32+/m0/s1. The van der Waals surface area contributed by atoms with E-state index in [1.165, 1.54) is 74.3 Å². The average Bonchev–Trinajstić information content (AvgIpc) is 2.95. The first-order valence-electron chi connectivity index (χ1n) is 14.9. The number of fused-ring (bicyclic) bond motifs is 1. The molecule has 1 heterocycles. The van der Waals surface area contributed by atoms with Gasteiger partial charge in [0.1, 0.15) is 0 Å². The van der Waals surface area contributed by atoms with Gasteiger partial charge in [-0.25, -0.2) is 0 Å². The zero-order valence-electron chi connectivity index (χ0n) is 22.6. The topological polar surface area (TPSA) is 32.3 Å². The van der Waals surface area contributed by atoms with Crippen molar-refractivity contribution in [2.24, 2.45) is 11.8 Å². The first-order valence-corrected chi connectivity index (χ1v) is 14.9. The highest BCUT2D eigenvalue weighted by Gasteiger charge is 2.51. The van der Waals surface area contributed by atoms with Gasteiger partial charge in [-0.2, -0.15) is 13.2 Å². The molecule has 6 heteroatoms. The number of alkyl halides is 3. The molecule has 3 atom stereocenters. The maximum Gasteiger partial charge on any atom is 0.416 e. The van der Waals surface area contributed by atoms with Gasteiger partial charge in [-0.15, -0.1) is 0 Å². The summed E-state index contributed by atoms with van der Waals surface area (Å²) in [7, 11) is 0. The lowest BCUT2D eigenvalue weighted by molar-refractivity contribution is -0.137. The smallest absolute Gasteiger partial charge is 0.313 e. The van der Waals surface area contributed by atoms with Gasteiger partial charge in [-0.05, 0) is 104 Å². The fraction of sp³-hybridized carbons (Fsp3) is 0.545. The molecular weight excluding hydrogens is 497 g/mol. The summed E-state index contributed by atoms with van der Waals surface area (Å²) in [5.74, 6) is 0.949. The molecular formula is C33H39F3N2O. The normalized spacial score (nSPS) is 27.2. The number of hydrogen-bond donors (Lipinski definition) is 1. The Balaban J connectivity index is 1.33. The van der Waals surface area contributed by atoms with Crippen LogP contribution in [0.3, 0.4) is 0 Å². The highest BCUT2D eigenvalue weighted by molar-refractivity contribution is 6.04. The van der Waals surface area contributed by atoms with Gasteiger partial charge in [0.15, 0.2) is 0 Å². The molecule has 1 amide bonds. The van der Waals surface area contributed by atoms with Crippen molar-refractivity contribution < 1.29 is 18.0 Å². The van der Waals surface area contributed by atoms with E-state index in [4.69, 9.17) is 0 Å². The monoisotopic (exact) mass is 536 g/mol. The highest BCUT2D eigenvalue weighted by atomic mass is 19.4. The molecule has 2 saturated carbocycles. The van der Waals surface area contributed by atoms with Crippen LogP contribution >= 0.6 is 0 Å². The van der Waals surface area contributed by atoms with Crippen LogP contribution in [0.15, 0.2) is 48.5 Å². The molecule has 39 heavy (non-hydrogen) atoms. The first kappa shape index (κ1) is 26.6. The predicted molar refractivity (Wildman–Crippen MR) is 150 cm³/mol. The second kappa shape index (κ2) is 10.8. The lowest BCUT2D eigenvalue weighted by Gasteiger charge is -2.56. The number of nitrogens with one attached hydrogen (secondary N) is 1. The van der Waals surface area contributed by atoms with E-state index in [1.807, 2.05) is 4.90 Å². The van der Waals surface area contributed by atoms with Crippen molar-refractivity contribution in [1.82, 2.24) is 5.32 Å². The van der Waals surface area contributed by atoms with Crippen LogP contribution in [0.25, 0.3) is 6.08 Å². The van der Waals surface area contributed by atoms with E-state index in [-0.39, 0.29) is 11.3 Å². The van der Waals surface area contributed by atoms with Gasteiger partial charge < -0.3 is 10.2 Å². The minimum atomic E-state index is -4.41. The van der Waals surface area contributed by atoms with Crippen molar-refractivity contribution in [1.29, 1.82) is 0 Å². The summed E-state index contributed by atoms with van der Waals surface area (Å²) in [6, 6.07) is 12.4. The Kier molecular flexibility index (Phi) is 7.34. The molecule has 0 aromatic heterocycles. The van der Waals surface area contributed by atoms with Crippen molar-refractivity contribution in [3.63, 3.8) is 0 Å². The number of piperidine rings is 1. The van der Waals surface area contributed by atoms with Crippen molar-refractivity contribution in [3.8, 4) is 0 Å². The van der Waals surface area contributed by atoms with E-state index in [0.717, 1.165) is 50.0 Å². The summed E-state index contributed by atoms with van der Waals surface area (Å²) < 4.78 is 39.7. The molecule has 3 nitrogen and oxygen atoms in total. The molecule has 2 aromatic carbocycles. The molecule has 3 fully saturated rings. The Morgan fingerprint density at radius 1 is 1.00 bits per heavy atom. The van der Waals surface area contributed by atoms with Gasteiger partial charge in [-0.1, -0.05) is 50.3 Å². The van der Waals surface area contributed by atoms with Crippen LogP contribution in [0.4, 0.5) is 18.9 Å². The number of hydrogen-bond acceptors (Lipinski definition) is 2. The second-order valence-electron chi connectivity index (χ2n) is 12.3. The number of benzene rings is 2. The van der Waals surface area contributed by atoms with Gasteiger partial charge >= 0.3 is 6.18 Å². The lowest BCUT2D eigenvalue weighted by atomic mass is 9.53. The molecule has 6 rings (SSSR count). The van der Waals surface area contributed by atoms with Gasteiger partial charge in [0.25, 0.3) is 5.91 Å². The summed E-state index contributed by atoms with van der Waals surface area (Å²) >= 11 is 0. The second-order valence-corrected chi connectivity index (χ2v) is 12.3. The van der Waals surface area contributed by atoms with Crippen molar-refractivity contribution in [3.05, 3.63) is 70.8 Å². The number of carbonyl (C=O) groups excluding carboxylic acids is 1. The van der Waals surface area contributed by atoms with E-state index in [1.54, 1.807) is 6.07 Å². The summed E-state index contributed by atoms with van der Waals surface area (Å²) in [6.07, 6.45) is 11.7. The van der Waals surface area contributed by atoms with Gasteiger partial charge in [-0.3, -0.25) is 4.79 Å². The van der Waals surface area contributed by atoms with Crippen molar-refractivity contribution in [2.45, 2.75) is 88.3 Å². The Hall–Kier alpha value is -2.60. The quantitative estimate of drug-likeness (QED) is 0.398. The van der Waals surface area contributed by atoms with Crippen molar-refractivity contribution >= 4 is 17.7 Å². The summed E-state index contributed by atoms with van der Waals surface area (Å²) in [5, 5.41) is 3.80. The average molecular weight is 537 g/mol. The third-order valence-electron chi connectivity index (χ3n) is 10.0. The molecule has 0 radical (unpaired) electrons. The minimum Gasteiger partial charge on any atom is -0.313 e. The van der Waals surface area contributed by atoms with Crippen LogP contribution < -0.4 is 10.2 Å². The largest absolute Gasteiger partial charge is 0.416 e. The molecule has 0 unspecified atom stereocenters. The molecule has 0 spiro atoms. The molecule has 208 valence electrons. The molecule has 1 saturated heterocycles. The predicted octanol–water partition coefficient (Wildman–Crippen LogP) is 7.68. The highest BCUT2D eigenvalue weighted by Crippen LogP contribution is 2.54. The number of nitrogens with zero attached hydrogens (tertiary/aromatic N) is 1. The third kappa shape index (κ3) is 5.29. The molecule has 3 aliphatic carbocycles. The van der Waals surface area contributed by atoms with E-state index >= 15 is 0 Å². The molecule has 4 aliphatic rings. The van der Waals surface area contributed by atoms with Crippen LogP contribution in [0, 0.1) is 11.8 Å². The third-order valence-corrected chi connectivity index (χ3v) is 10.0. The molecule has 2 aromatic rings. The first-order chi connectivity index (χ1) is 18.8. The fourth-order valence-electron chi connectivity index (χ4n) is 8.11. The molecule has 2 bridgehead atoms. The van der Waals surface area contributed by atoms with Crippen LogP contribution in [0.5, 0.6) is 0 Å². The molecule has 1 aliphatic heterocycles. The minimum absolute atomic E-state index is 0.158. The number of anilines is 1. The van der Waals surface area contributed by atoms with Crippen LogP contribution in [-0.4, -0.2) is 25.0 Å². The maximum atomic E-state index is 13.7. The number of carbonyl (C=O) groups is 1. The summed E-state index contributed by atoms with van der Waals surface area (Å²) in [4.78, 5) is 15.6. The van der Waals surface area contributed by atoms with Crippen molar-refractivity contribution in [2.75, 3.05) is 18.0 Å². The molecule has 1 N–H and O–H groups in total. The van der Waals surface area contributed by atoms with Gasteiger partial charge in [0, 0.05) is 29.8 Å². The Bertz CT molecular complexity index is 1230. The summed E-state index contributed by atoms with van der Waals surface area (Å²) in [6.45, 7) is 1.71. The number of halogens is 3. The lowest BCUT2D eigenvalue weighted by Crippen LogP contribution is -2.59. The van der Waals surface area contributed by atoms with E-state index in [9.17, 15) is 18.0 Å². The fourth-order valence-corrected chi connectivity index (χ4v) is 8.11. The van der Waals surface area contributed by atoms with Crippen LogP contribution in [-0.2, 0) is 22.8 Å². The maximum absolute atomic E-state index is 13.7. The SMILES string of the molecule is O=C(C=Cc1cccc(C(F)(F)F)c1)N(CC1CCCCC1)c1ccc2c(c1)[C@@]13CCCC[C@H]1[C@@H](C2)NCC3. The Morgan fingerprint density at radius 3 is 2.64 bits per heavy atom. The van der Waals surface area contributed by atoms with E-state index < -0.39 is 11.7 Å². The van der Waals surface area contributed by atoms with E-state index in [2.05, 4.69) is 23.5 Å². The Labute approximate surface area is 229 Å². The van der Waals surface area contributed by atoms with Crippen LogP contribution in [0.2, 0.25) is 0 Å². The van der Waals surface area contributed by atoms with Crippen LogP contribution in [0.1, 0.15) is 86.5 Å². The summed E-state index contributed by atoms with van der Waals surface area (Å²) in [5.41, 5.74) is 3.68. The number of amides is 1. The zero-order chi connectivity index (χ0) is 27.0. The van der Waals surface area contributed by atoms with E-state index in [0.29, 0.717) is 30.0 Å². The zero-order valence-corrected chi connectivity index (χ0v) is 22.6. The van der Waals surface area contributed by atoms with Gasteiger partial charge in [0.2, 0.25) is 0 Å². The van der Waals surface area contributed by atoms with Gasteiger partial charge in [0.05, 0.1) is 5.56 Å². The number of rotatable bonds is 5.